The molecule has 1 saturated carbocycles. The average molecular weight is 543 g/mol. The molecule has 0 heterocycles. The second kappa shape index (κ2) is 10.0. The molecular weight excluding hydrogens is 512 g/mol. The van der Waals surface area contributed by atoms with Gasteiger partial charge in [0.1, 0.15) is 22.8 Å². The van der Waals surface area contributed by atoms with Crippen LogP contribution in [-0.4, -0.2) is 96.6 Å². The van der Waals surface area contributed by atoms with E-state index in [1.807, 2.05) is 0 Å². The van der Waals surface area contributed by atoms with Crippen LogP contribution in [0.4, 0.5) is 0 Å². The lowest BCUT2D eigenvalue weighted by molar-refractivity contribution is -0.181. The normalized spacial score (nSPS) is 32.6. The van der Waals surface area contributed by atoms with Gasteiger partial charge in [0.2, 0.25) is 5.78 Å². The number of carbonyl (C=O) groups excluding carboxylic acids is 3. The number of hydrogen-bond donors (Lipinski definition) is 8. The molecule has 0 aliphatic heterocycles. The van der Waals surface area contributed by atoms with Gasteiger partial charge in [-0.15, -0.1) is 12.4 Å². The molecule has 1 amide bonds. The zero-order valence-electron chi connectivity index (χ0n) is 20.5. The average Bonchev–Trinajstić information content (AvgIpc) is 2.76. The Labute approximate surface area is 218 Å². The number of nitrogens with zero attached hydrogens (tertiary/aromatic N) is 1. The molecule has 4 rings (SSSR count). The Morgan fingerprint density at radius 1 is 1.14 bits per heavy atom. The number of aliphatic hydroxyl groups excluding tert-OH is 4. The van der Waals surface area contributed by atoms with Crippen molar-refractivity contribution in [1.29, 1.82) is 0 Å². The number of aromatic hydroxyl groups is 1. The van der Waals surface area contributed by atoms with Crippen molar-refractivity contribution in [3.05, 3.63) is 46.2 Å². The minimum absolute atomic E-state index is 0. The summed E-state index contributed by atoms with van der Waals surface area (Å²) in [6.45, 7) is 3.18. The van der Waals surface area contributed by atoms with Gasteiger partial charge >= 0.3 is 0 Å². The molecular formula is C24H31ClN2O10. The van der Waals surface area contributed by atoms with Crippen LogP contribution in [0.2, 0.25) is 0 Å². The minimum Gasteiger partial charge on any atom is -0.508 e. The van der Waals surface area contributed by atoms with E-state index in [4.69, 9.17) is 10.8 Å². The summed E-state index contributed by atoms with van der Waals surface area (Å²) in [5, 5.41) is 73.9. The van der Waals surface area contributed by atoms with Crippen molar-refractivity contribution >= 4 is 35.6 Å². The molecule has 1 aromatic carbocycles. The van der Waals surface area contributed by atoms with Crippen LogP contribution in [0.5, 0.6) is 5.75 Å². The molecule has 1 unspecified atom stereocenters. The van der Waals surface area contributed by atoms with Gasteiger partial charge in [0, 0.05) is 6.61 Å². The van der Waals surface area contributed by atoms with Gasteiger partial charge in [-0.1, -0.05) is 12.1 Å². The Balaban J connectivity index is 0.00000115. The van der Waals surface area contributed by atoms with Crippen LogP contribution < -0.4 is 5.73 Å². The molecule has 0 bridgehead atoms. The summed E-state index contributed by atoms with van der Waals surface area (Å²) in [6, 6.07) is 2.50. The number of aliphatic hydroxyl groups is 6. The molecule has 0 saturated heterocycles. The van der Waals surface area contributed by atoms with E-state index in [1.165, 1.54) is 44.1 Å². The van der Waals surface area contributed by atoms with E-state index in [-0.39, 0.29) is 30.1 Å². The van der Waals surface area contributed by atoms with E-state index in [1.54, 1.807) is 6.92 Å². The van der Waals surface area contributed by atoms with Crippen molar-refractivity contribution in [3.63, 3.8) is 0 Å². The first-order chi connectivity index (χ1) is 16.6. The minimum atomic E-state index is -3.02. The van der Waals surface area contributed by atoms with Crippen molar-refractivity contribution < 1.29 is 50.1 Å². The van der Waals surface area contributed by atoms with E-state index >= 15 is 0 Å². The summed E-state index contributed by atoms with van der Waals surface area (Å²) in [6.07, 6.45) is -1.87. The molecule has 0 radical (unpaired) electrons. The lowest BCUT2D eigenvalue weighted by Gasteiger charge is -2.55. The molecule has 1 fully saturated rings. The second-order valence-corrected chi connectivity index (χ2v) is 9.38. The van der Waals surface area contributed by atoms with Crippen LogP contribution in [0.15, 0.2) is 35.1 Å². The number of primary amides is 1. The van der Waals surface area contributed by atoms with E-state index < -0.39 is 81.1 Å². The molecule has 3 aliphatic carbocycles. The summed E-state index contributed by atoms with van der Waals surface area (Å²) >= 11 is 0. The summed E-state index contributed by atoms with van der Waals surface area (Å²) in [7, 11) is 2.80. The van der Waals surface area contributed by atoms with Crippen LogP contribution in [0.3, 0.4) is 0 Å². The van der Waals surface area contributed by atoms with Gasteiger partial charge in [0.25, 0.3) is 5.91 Å². The van der Waals surface area contributed by atoms with E-state index in [0.717, 1.165) is 0 Å². The molecule has 9 N–H and O–H groups in total. The summed E-state index contributed by atoms with van der Waals surface area (Å²) in [4.78, 5) is 39.9. The monoisotopic (exact) mass is 542 g/mol. The number of phenolic OH excluding ortho intramolecular Hbond substituents is 1. The smallest absolute Gasteiger partial charge is 0.255 e. The molecule has 12 nitrogen and oxygen atoms in total. The fourth-order valence-electron chi connectivity index (χ4n) is 5.60. The molecule has 3 aliphatic rings. The third-order valence-corrected chi connectivity index (χ3v) is 7.03. The van der Waals surface area contributed by atoms with Crippen molar-refractivity contribution in [1.82, 2.24) is 4.90 Å². The predicted molar refractivity (Wildman–Crippen MR) is 132 cm³/mol. The third-order valence-electron chi connectivity index (χ3n) is 7.03. The topological polar surface area (TPSA) is 222 Å². The standard InChI is InChI=1S/C22H24N2O9.C2H6O.ClH/c1-21(32)7-5-4-6-8(25)9(7)15(26)10-12(21)17(28)13-14(24(2)3)16(27)11(20(23)31)19(30)22(13,33)18(10)29;1-2-3;/h4-6,12-14,17,25-26,28,30,32-33H,1-3H3,(H2,23,31);3H,2H2,1H3;1H/t12?,13-,14+,17+,21-,22+;;/m1../s1. The number of ketones is 2. The van der Waals surface area contributed by atoms with Gasteiger partial charge in [-0.3, -0.25) is 19.3 Å². The molecule has 0 aromatic heterocycles. The molecule has 13 heteroatoms. The number of phenols is 1. The quantitative estimate of drug-likeness (QED) is 0.212. The number of halogens is 1. The summed E-state index contributed by atoms with van der Waals surface area (Å²) in [5.41, 5.74) is -1.78. The van der Waals surface area contributed by atoms with Gasteiger partial charge in [0.05, 0.1) is 40.7 Å². The Bertz CT molecular complexity index is 1210. The number of Topliss-reactive ketones (excluding diaryl/α,β-unsaturated/α-hetero) is 2. The zero-order valence-corrected chi connectivity index (χ0v) is 21.4. The van der Waals surface area contributed by atoms with E-state index in [9.17, 15) is 45.0 Å². The highest BCUT2D eigenvalue weighted by molar-refractivity contribution is 6.24. The van der Waals surface area contributed by atoms with Crippen molar-refractivity contribution in [3.8, 4) is 5.75 Å². The lowest BCUT2D eigenvalue weighted by Crippen LogP contribution is -2.71. The molecule has 6 atom stereocenters. The number of rotatable bonds is 2. The number of likely N-dealkylation sites (N-methyl/N-ethyl adjacent to an activating group) is 1. The fourth-order valence-corrected chi connectivity index (χ4v) is 5.60. The maximum absolute atomic E-state index is 13.7. The molecule has 204 valence electrons. The lowest BCUT2D eigenvalue weighted by atomic mass is 9.53. The molecule has 1 aromatic rings. The highest BCUT2D eigenvalue weighted by Crippen LogP contribution is 2.57. The second-order valence-electron chi connectivity index (χ2n) is 9.38. The molecule has 37 heavy (non-hydrogen) atoms. The van der Waals surface area contributed by atoms with Crippen LogP contribution in [0.25, 0.3) is 5.76 Å². The number of nitrogens with two attached hydrogens (primary N) is 1. The Morgan fingerprint density at radius 2 is 1.68 bits per heavy atom. The van der Waals surface area contributed by atoms with Crippen LogP contribution in [0.1, 0.15) is 25.0 Å². The maximum atomic E-state index is 13.7. The first kappa shape index (κ1) is 30.2. The van der Waals surface area contributed by atoms with Gasteiger partial charge in [0.15, 0.2) is 11.4 Å². The van der Waals surface area contributed by atoms with Crippen molar-refractivity contribution in [2.24, 2.45) is 17.6 Å². The van der Waals surface area contributed by atoms with Gasteiger partial charge in [-0.2, -0.15) is 0 Å². The van der Waals surface area contributed by atoms with E-state index in [2.05, 4.69) is 0 Å². The number of benzene rings is 1. The maximum Gasteiger partial charge on any atom is 0.255 e. The first-order valence-corrected chi connectivity index (χ1v) is 11.1. The summed E-state index contributed by atoms with van der Waals surface area (Å²) in [5.74, 6) is -9.67. The van der Waals surface area contributed by atoms with Crippen molar-refractivity contribution in [2.45, 2.75) is 37.2 Å². The van der Waals surface area contributed by atoms with Crippen LogP contribution >= 0.6 is 12.4 Å². The SMILES string of the molecule is CCO.CN(C)[C@@H]1C(=O)C(C(N)=O)=C(O)[C@@]2(O)C(=O)C3=C(O)c4c(O)cccc4[C@@](C)(O)C3[C@H](O)[C@@H]12.Cl. The number of fused-ring (bicyclic) bond motifs is 3. The van der Waals surface area contributed by atoms with Gasteiger partial charge in [-0.05, 0) is 39.6 Å². The highest BCUT2D eigenvalue weighted by atomic mass is 35.5. The third kappa shape index (κ3) is 4.00. The summed E-state index contributed by atoms with van der Waals surface area (Å²) < 4.78 is 0. The Kier molecular flexibility index (Phi) is 8.21. The van der Waals surface area contributed by atoms with Crippen LogP contribution in [-0.2, 0) is 20.0 Å². The number of hydrogen-bond acceptors (Lipinski definition) is 11. The predicted octanol–water partition coefficient (Wildman–Crippen LogP) is -0.980. The van der Waals surface area contributed by atoms with Gasteiger partial charge in [-0.25, -0.2) is 0 Å². The first-order valence-electron chi connectivity index (χ1n) is 11.1. The highest BCUT2D eigenvalue weighted by Gasteiger charge is 2.70. The van der Waals surface area contributed by atoms with E-state index in [0.29, 0.717) is 0 Å². The Morgan fingerprint density at radius 3 is 2.16 bits per heavy atom. The Hall–Kier alpha value is -3.00. The van der Waals surface area contributed by atoms with Crippen molar-refractivity contribution in [2.75, 3.05) is 20.7 Å². The number of amides is 1. The largest absolute Gasteiger partial charge is 0.508 e. The molecule has 0 spiro atoms. The number of carbonyl (C=O) groups is 3. The zero-order chi connectivity index (χ0) is 27.5. The van der Waals surface area contributed by atoms with Gasteiger partial charge < -0.3 is 41.5 Å². The fraction of sp³-hybridized carbons (Fsp3) is 0.458. The van der Waals surface area contributed by atoms with Crippen LogP contribution in [0, 0.1) is 11.8 Å².